The van der Waals surface area contributed by atoms with Crippen LogP contribution >= 0.6 is 0 Å². The number of nitrogens with one attached hydrogen (secondary N) is 1. The Balaban J connectivity index is 1.30. The molecule has 0 radical (unpaired) electrons. The predicted molar refractivity (Wildman–Crippen MR) is 113 cm³/mol. The van der Waals surface area contributed by atoms with Crippen molar-refractivity contribution in [1.82, 2.24) is 19.9 Å². The summed E-state index contributed by atoms with van der Waals surface area (Å²) < 4.78 is 1.87. The molecule has 7 nitrogen and oxygen atoms in total. The molecule has 1 aromatic carbocycles. The first kappa shape index (κ1) is 18.8. The van der Waals surface area contributed by atoms with Crippen LogP contribution in [-0.4, -0.2) is 33.0 Å². The van der Waals surface area contributed by atoms with Gasteiger partial charge in [0.25, 0.3) is 0 Å². The molecule has 5 rings (SSSR count). The van der Waals surface area contributed by atoms with Crippen molar-refractivity contribution in [2.75, 3.05) is 11.4 Å². The highest BCUT2D eigenvalue weighted by Crippen LogP contribution is 2.35. The maximum atomic E-state index is 13.4. The zero-order valence-corrected chi connectivity index (χ0v) is 16.8. The van der Waals surface area contributed by atoms with Crippen molar-refractivity contribution in [3.63, 3.8) is 0 Å². The Kier molecular flexibility index (Phi) is 4.94. The van der Waals surface area contributed by atoms with Gasteiger partial charge in [0.05, 0.1) is 12.5 Å². The van der Waals surface area contributed by atoms with E-state index in [9.17, 15) is 9.59 Å². The van der Waals surface area contributed by atoms with Crippen molar-refractivity contribution < 1.29 is 9.59 Å². The number of para-hydroxylation sites is 1. The van der Waals surface area contributed by atoms with Crippen LogP contribution in [0.4, 0.5) is 5.69 Å². The van der Waals surface area contributed by atoms with Crippen LogP contribution < -0.4 is 10.2 Å². The largest absolute Gasteiger partial charge is 0.349 e. The number of anilines is 1. The Morgan fingerprint density at radius 1 is 1.00 bits per heavy atom. The van der Waals surface area contributed by atoms with Gasteiger partial charge in [-0.3, -0.25) is 14.0 Å². The van der Waals surface area contributed by atoms with Gasteiger partial charge in [-0.25, -0.2) is 0 Å². The molecule has 7 heteroatoms. The molecule has 1 N–H and O–H groups in total. The first-order chi connectivity index (χ1) is 14.7. The van der Waals surface area contributed by atoms with E-state index in [1.807, 2.05) is 51.9 Å². The molecule has 3 aromatic rings. The normalized spacial score (nSPS) is 20.9. The third-order valence-corrected chi connectivity index (χ3v) is 6.38. The van der Waals surface area contributed by atoms with Crippen LogP contribution in [0.5, 0.6) is 0 Å². The average molecular weight is 403 g/mol. The summed E-state index contributed by atoms with van der Waals surface area (Å²) in [6.45, 7) is 1.00. The number of amides is 2. The van der Waals surface area contributed by atoms with Gasteiger partial charge in [-0.15, -0.1) is 10.2 Å². The van der Waals surface area contributed by atoms with E-state index in [1.54, 1.807) is 0 Å². The molecule has 0 bridgehead atoms. The van der Waals surface area contributed by atoms with Gasteiger partial charge >= 0.3 is 0 Å². The average Bonchev–Trinajstić information content (AvgIpc) is 3.41. The number of benzene rings is 1. The molecule has 3 heterocycles. The van der Waals surface area contributed by atoms with E-state index >= 15 is 0 Å². The molecule has 2 aromatic heterocycles. The quantitative estimate of drug-likeness (QED) is 0.726. The van der Waals surface area contributed by atoms with Crippen LogP contribution in [0.3, 0.4) is 0 Å². The van der Waals surface area contributed by atoms with E-state index in [-0.39, 0.29) is 23.7 Å². The number of carbonyl (C=O) groups is 2. The summed E-state index contributed by atoms with van der Waals surface area (Å²) in [6.07, 6.45) is 6.25. The van der Waals surface area contributed by atoms with Crippen molar-refractivity contribution in [1.29, 1.82) is 0 Å². The van der Waals surface area contributed by atoms with Gasteiger partial charge in [0.2, 0.25) is 11.8 Å². The number of fused-ring (bicyclic) bond motifs is 2. The number of carbonyl (C=O) groups excluding carboxylic acids is 2. The highest BCUT2D eigenvalue weighted by molar-refractivity contribution is 5.99. The lowest BCUT2D eigenvalue weighted by molar-refractivity contribution is -0.135. The molecule has 1 aliphatic carbocycles. The number of hydrogen-bond donors (Lipinski definition) is 1. The molecule has 2 amide bonds. The number of rotatable bonds is 4. The fourth-order valence-corrected chi connectivity index (χ4v) is 4.82. The van der Waals surface area contributed by atoms with Gasteiger partial charge in [0.1, 0.15) is 0 Å². The fourth-order valence-electron chi connectivity index (χ4n) is 4.82. The van der Waals surface area contributed by atoms with Crippen molar-refractivity contribution in [2.24, 2.45) is 11.8 Å². The molecule has 1 fully saturated rings. The molecular weight excluding hydrogens is 378 g/mol. The second-order valence-corrected chi connectivity index (χ2v) is 8.13. The second kappa shape index (κ2) is 7.89. The maximum Gasteiger partial charge on any atom is 0.230 e. The Hall–Kier alpha value is -3.22. The SMILES string of the molecule is O=C(NCc1nnc2ccccn12)[C@@H]1CCCC[C@@H]1C(=O)N1CCc2ccccc21. The molecule has 2 aliphatic rings. The van der Waals surface area contributed by atoms with Crippen LogP contribution in [0.25, 0.3) is 5.65 Å². The molecule has 154 valence electrons. The Morgan fingerprint density at radius 2 is 1.80 bits per heavy atom. The number of nitrogens with zero attached hydrogens (tertiary/aromatic N) is 4. The summed E-state index contributed by atoms with van der Waals surface area (Å²) >= 11 is 0. The van der Waals surface area contributed by atoms with E-state index < -0.39 is 0 Å². The minimum Gasteiger partial charge on any atom is -0.349 e. The highest BCUT2D eigenvalue weighted by atomic mass is 16.2. The van der Waals surface area contributed by atoms with Crippen molar-refractivity contribution in [3.8, 4) is 0 Å². The smallest absolute Gasteiger partial charge is 0.230 e. The number of hydrogen-bond acceptors (Lipinski definition) is 4. The maximum absolute atomic E-state index is 13.4. The standard InChI is InChI=1S/C23H25N5O2/c29-22(24-15-21-26-25-20-11-5-6-13-28(20)21)17-8-2-3-9-18(17)23(30)27-14-12-16-7-1-4-10-19(16)27/h1,4-7,10-11,13,17-18H,2-3,8-9,12,14-15H2,(H,24,29)/t17-,18+/m1/s1. The summed E-state index contributed by atoms with van der Waals surface area (Å²) in [4.78, 5) is 28.4. The van der Waals surface area contributed by atoms with E-state index in [0.717, 1.165) is 43.4 Å². The summed E-state index contributed by atoms with van der Waals surface area (Å²) in [5.74, 6) is 0.158. The van der Waals surface area contributed by atoms with Gasteiger partial charge in [-0.1, -0.05) is 37.1 Å². The van der Waals surface area contributed by atoms with Gasteiger partial charge in [-0.05, 0) is 43.0 Å². The van der Waals surface area contributed by atoms with E-state index in [0.29, 0.717) is 18.9 Å². The van der Waals surface area contributed by atoms with E-state index in [4.69, 9.17) is 0 Å². The van der Waals surface area contributed by atoms with Gasteiger partial charge in [0, 0.05) is 24.3 Å². The Labute approximate surface area is 175 Å². The summed E-state index contributed by atoms with van der Waals surface area (Å²) in [5, 5.41) is 11.3. The van der Waals surface area contributed by atoms with Gasteiger partial charge in [-0.2, -0.15) is 0 Å². The van der Waals surface area contributed by atoms with Gasteiger partial charge in [0.15, 0.2) is 11.5 Å². The van der Waals surface area contributed by atoms with Crippen LogP contribution in [0, 0.1) is 11.8 Å². The van der Waals surface area contributed by atoms with Crippen molar-refractivity contribution in [2.45, 2.75) is 38.6 Å². The Bertz CT molecular complexity index is 1090. The van der Waals surface area contributed by atoms with Crippen molar-refractivity contribution in [3.05, 3.63) is 60.0 Å². The first-order valence-corrected chi connectivity index (χ1v) is 10.7. The number of aromatic nitrogens is 3. The summed E-state index contributed by atoms with van der Waals surface area (Å²) in [5.41, 5.74) is 2.96. The fraction of sp³-hybridized carbons (Fsp3) is 0.391. The predicted octanol–water partition coefficient (Wildman–Crippen LogP) is 2.74. The third-order valence-electron chi connectivity index (χ3n) is 6.38. The second-order valence-electron chi connectivity index (χ2n) is 8.13. The molecule has 1 saturated carbocycles. The van der Waals surface area contributed by atoms with Crippen LogP contribution in [0.1, 0.15) is 37.1 Å². The van der Waals surface area contributed by atoms with Gasteiger partial charge < -0.3 is 10.2 Å². The zero-order chi connectivity index (χ0) is 20.5. The van der Waals surface area contributed by atoms with Crippen molar-refractivity contribution >= 4 is 23.1 Å². The molecule has 0 saturated heterocycles. The minimum absolute atomic E-state index is 0.0618. The lowest BCUT2D eigenvalue weighted by atomic mass is 9.77. The minimum atomic E-state index is -0.293. The highest BCUT2D eigenvalue weighted by Gasteiger charge is 2.39. The molecule has 0 unspecified atom stereocenters. The Morgan fingerprint density at radius 3 is 2.70 bits per heavy atom. The number of pyridine rings is 1. The topological polar surface area (TPSA) is 79.6 Å². The van der Waals surface area contributed by atoms with Crippen LogP contribution in [-0.2, 0) is 22.6 Å². The lowest BCUT2D eigenvalue weighted by Gasteiger charge is -2.32. The first-order valence-electron chi connectivity index (χ1n) is 10.7. The zero-order valence-electron chi connectivity index (χ0n) is 16.8. The molecule has 1 aliphatic heterocycles. The molecule has 2 atom stereocenters. The summed E-state index contributed by atoms with van der Waals surface area (Å²) in [6, 6.07) is 13.8. The van der Waals surface area contributed by atoms with Crippen LogP contribution in [0.15, 0.2) is 48.7 Å². The lowest BCUT2D eigenvalue weighted by Crippen LogP contribution is -2.45. The van der Waals surface area contributed by atoms with E-state index in [1.165, 1.54) is 5.56 Å². The van der Waals surface area contributed by atoms with E-state index in [2.05, 4.69) is 21.6 Å². The van der Waals surface area contributed by atoms with Crippen LogP contribution in [0.2, 0.25) is 0 Å². The monoisotopic (exact) mass is 403 g/mol. The third kappa shape index (κ3) is 3.34. The summed E-state index contributed by atoms with van der Waals surface area (Å²) in [7, 11) is 0. The molecular formula is C23H25N5O2. The molecule has 30 heavy (non-hydrogen) atoms. The molecule has 0 spiro atoms.